The van der Waals surface area contributed by atoms with Gasteiger partial charge in [0.05, 0.1) is 12.1 Å². The summed E-state index contributed by atoms with van der Waals surface area (Å²) in [5.74, 6) is 0.618. The Morgan fingerprint density at radius 2 is 1.06 bits per heavy atom. The number of aliphatic imine (C=N–C) groups is 2. The third-order valence-electron chi connectivity index (χ3n) is 6.25. The maximum Gasteiger partial charge on any atom is 0.128 e. The summed E-state index contributed by atoms with van der Waals surface area (Å²) in [6, 6.07) is 11.9. The lowest BCUT2D eigenvalue weighted by molar-refractivity contribution is 0.390. The second kappa shape index (κ2) is 9.48. The minimum atomic E-state index is -0.130. The number of phenols is 2. The van der Waals surface area contributed by atoms with Crippen molar-refractivity contribution in [1.82, 2.24) is 0 Å². The zero-order valence-corrected chi connectivity index (χ0v) is 20.4. The van der Waals surface area contributed by atoms with E-state index in [0.29, 0.717) is 11.5 Å². The molecule has 0 aliphatic heterocycles. The van der Waals surface area contributed by atoms with Crippen LogP contribution >= 0.6 is 0 Å². The molecule has 1 fully saturated rings. The van der Waals surface area contributed by atoms with Crippen LogP contribution in [0.25, 0.3) is 0 Å². The molecule has 2 N–H and O–H groups in total. The summed E-state index contributed by atoms with van der Waals surface area (Å²) in [5.41, 5.74) is 3.09. The highest BCUT2D eigenvalue weighted by Crippen LogP contribution is 2.34. The van der Waals surface area contributed by atoms with Gasteiger partial charge >= 0.3 is 0 Å². The molecule has 1 aliphatic rings. The molecule has 1 aliphatic carbocycles. The van der Waals surface area contributed by atoms with Gasteiger partial charge in [-0.05, 0) is 46.9 Å². The Kier molecular flexibility index (Phi) is 7.12. The molecule has 32 heavy (non-hydrogen) atoms. The van der Waals surface area contributed by atoms with Gasteiger partial charge in [-0.15, -0.1) is 0 Å². The van der Waals surface area contributed by atoms with E-state index in [1.165, 1.54) is 0 Å². The molecule has 0 heterocycles. The number of phenolic OH excluding ortho intramolecular Hbond substituents is 2. The quantitative estimate of drug-likeness (QED) is 0.536. The predicted molar refractivity (Wildman–Crippen MR) is 135 cm³/mol. The Morgan fingerprint density at radius 1 is 0.688 bits per heavy atom. The lowest BCUT2D eigenvalue weighted by atomic mass is 9.85. The van der Waals surface area contributed by atoms with Crippen molar-refractivity contribution >= 4 is 12.4 Å². The van der Waals surface area contributed by atoms with Crippen molar-refractivity contribution in [1.29, 1.82) is 0 Å². The molecule has 2 atom stereocenters. The Bertz CT molecular complexity index is 912. The molecule has 172 valence electrons. The summed E-state index contributed by atoms with van der Waals surface area (Å²) in [6.45, 7) is 12.6. The second-order valence-electron chi connectivity index (χ2n) is 11.0. The average molecular weight is 435 g/mol. The number of aromatic hydroxyl groups is 2. The van der Waals surface area contributed by atoms with Gasteiger partial charge in [-0.2, -0.15) is 0 Å². The zero-order valence-electron chi connectivity index (χ0n) is 20.4. The van der Waals surface area contributed by atoms with E-state index in [9.17, 15) is 10.2 Å². The number of benzene rings is 2. The van der Waals surface area contributed by atoms with Gasteiger partial charge in [0.15, 0.2) is 0 Å². The third kappa shape index (κ3) is 5.59. The fourth-order valence-corrected chi connectivity index (χ4v) is 4.33. The highest BCUT2D eigenvalue weighted by atomic mass is 16.3. The third-order valence-corrected chi connectivity index (χ3v) is 6.25. The summed E-state index contributed by atoms with van der Waals surface area (Å²) in [5, 5.41) is 21.5. The molecule has 4 heteroatoms. The van der Waals surface area contributed by atoms with Crippen LogP contribution in [0.1, 0.15) is 89.5 Å². The van der Waals surface area contributed by atoms with Crippen molar-refractivity contribution in [2.45, 2.75) is 90.1 Å². The van der Waals surface area contributed by atoms with Crippen LogP contribution < -0.4 is 0 Å². The first-order valence-electron chi connectivity index (χ1n) is 11.7. The smallest absolute Gasteiger partial charge is 0.128 e. The molecule has 2 aromatic carbocycles. The first-order chi connectivity index (χ1) is 15.0. The summed E-state index contributed by atoms with van der Waals surface area (Å²) in [4.78, 5) is 9.70. The predicted octanol–water partition coefficient (Wildman–Crippen LogP) is 6.54. The first-order valence-corrected chi connectivity index (χ1v) is 11.7. The Labute approximate surface area is 193 Å². The van der Waals surface area contributed by atoms with Crippen LogP contribution in [0.5, 0.6) is 11.5 Å². The lowest BCUT2D eigenvalue weighted by Gasteiger charge is -2.26. The maximum atomic E-state index is 10.7. The fourth-order valence-electron chi connectivity index (χ4n) is 4.33. The largest absolute Gasteiger partial charge is 0.507 e. The van der Waals surface area contributed by atoms with E-state index >= 15 is 0 Å². The van der Waals surface area contributed by atoms with E-state index in [-0.39, 0.29) is 22.9 Å². The SMILES string of the molecule is CC(C)(C)c1cccc(/C=N/[C@@H]2CCCC[C@H]2/N=C/c2cccc(C(C)(C)C)c2O)c1O. The lowest BCUT2D eigenvalue weighted by Crippen LogP contribution is -2.27. The molecule has 0 aromatic heterocycles. The molecule has 4 nitrogen and oxygen atoms in total. The van der Waals surface area contributed by atoms with Crippen LogP contribution in [0, 0.1) is 0 Å². The number of nitrogens with zero attached hydrogens (tertiary/aromatic N) is 2. The standard InChI is InChI=1S/C28H38N2O2/c1-27(2,3)21-13-9-11-19(25(21)31)17-29-23-15-7-8-16-24(23)30-18-20-12-10-14-22(26(20)32)28(4,5)6/h9-14,17-18,23-24,31-32H,7-8,15-16H2,1-6H3/b29-17+,30-18+/t23-,24-/m1/s1. The van der Waals surface area contributed by atoms with Crippen LogP contribution in [-0.2, 0) is 10.8 Å². The summed E-state index contributed by atoms with van der Waals surface area (Å²) in [6.07, 6.45) is 7.83. The molecule has 0 bridgehead atoms. The highest BCUT2D eigenvalue weighted by molar-refractivity contribution is 5.85. The minimum absolute atomic E-state index is 0.0747. The van der Waals surface area contributed by atoms with Crippen LogP contribution in [0.15, 0.2) is 46.4 Å². The number of para-hydroxylation sites is 2. The van der Waals surface area contributed by atoms with Crippen LogP contribution in [0.4, 0.5) is 0 Å². The van der Waals surface area contributed by atoms with Crippen molar-refractivity contribution in [2.24, 2.45) is 9.98 Å². The van der Waals surface area contributed by atoms with E-state index in [1.54, 1.807) is 12.4 Å². The summed E-state index contributed by atoms with van der Waals surface area (Å²) in [7, 11) is 0. The number of hydrogen-bond acceptors (Lipinski definition) is 4. The molecule has 2 aromatic rings. The number of rotatable bonds is 4. The number of hydrogen-bond donors (Lipinski definition) is 2. The monoisotopic (exact) mass is 434 g/mol. The van der Waals surface area contributed by atoms with Gasteiger partial charge < -0.3 is 10.2 Å². The second-order valence-corrected chi connectivity index (χ2v) is 11.0. The van der Waals surface area contributed by atoms with Crippen LogP contribution in [-0.4, -0.2) is 34.7 Å². The van der Waals surface area contributed by atoms with Gasteiger partial charge in [0, 0.05) is 23.6 Å². The molecule has 0 spiro atoms. The van der Waals surface area contributed by atoms with Gasteiger partial charge in [0.1, 0.15) is 11.5 Å². The van der Waals surface area contributed by atoms with Crippen molar-refractivity contribution < 1.29 is 10.2 Å². The molecule has 3 rings (SSSR count). The molecule has 0 radical (unpaired) electrons. The van der Waals surface area contributed by atoms with Crippen molar-refractivity contribution in [3.63, 3.8) is 0 Å². The highest BCUT2D eigenvalue weighted by Gasteiger charge is 2.25. The molecule has 1 saturated carbocycles. The molecule has 0 unspecified atom stereocenters. The minimum Gasteiger partial charge on any atom is -0.507 e. The van der Waals surface area contributed by atoms with Gasteiger partial charge in [-0.25, -0.2) is 0 Å². The topological polar surface area (TPSA) is 65.2 Å². The molecule has 0 amide bonds. The Morgan fingerprint density at radius 3 is 1.41 bits per heavy atom. The first kappa shape index (κ1) is 24.0. The molecular formula is C28H38N2O2. The maximum absolute atomic E-state index is 10.7. The Hall–Kier alpha value is -2.62. The van der Waals surface area contributed by atoms with Crippen molar-refractivity contribution in [3.05, 3.63) is 58.7 Å². The zero-order chi connectivity index (χ0) is 23.5. The van der Waals surface area contributed by atoms with E-state index in [1.807, 2.05) is 36.4 Å². The average Bonchev–Trinajstić information content (AvgIpc) is 2.71. The molecule has 0 saturated heterocycles. The van der Waals surface area contributed by atoms with Crippen LogP contribution in [0.3, 0.4) is 0 Å². The molecular weight excluding hydrogens is 396 g/mol. The van der Waals surface area contributed by atoms with Gasteiger partial charge in [0.25, 0.3) is 0 Å². The van der Waals surface area contributed by atoms with E-state index < -0.39 is 0 Å². The van der Waals surface area contributed by atoms with Gasteiger partial charge in [-0.3, -0.25) is 9.98 Å². The van der Waals surface area contributed by atoms with Crippen molar-refractivity contribution in [3.8, 4) is 11.5 Å². The summed E-state index contributed by atoms with van der Waals surface area (Å²) < 4.78 is 0. The van der Waals surface area contributed by atoms with E-state index in [2.05, 4.69) is 41.5 Å². The van der Waals surface area contributed by atoms with Gasteiger partial charge in [0.2, 0.25) is 0 Å². The van der Waals surface area contributed by atoms with Gasteiger partial charge in [-0.1, -0.05) is 78.6 Å². The Balaban J connectivity index is 1.82. The van der Waals surface area contributed by atoms with Crippen molar-refractivity contribution in [2.75, 3.05) is 0 Å². The van der Waals surface area contributed by atoms with E-state index in [0.717, 1.165) is 47.9 Å². The normalized spacial score (nSPS) is 20.3. The fraction of sp³-hybridized carbons (Fsp3) is 0.500. The van der Waals surface area contributed by atoms with Crippen LogP contribution in [0.2, 0.25) is 0 Å². The van der Waals surface area contributed by atoms with E-state index in [4.69, 9.17) is 9.98 Å². The summed E-state index contributed by atoms with van der Waals surface area (Å²) >= 11 is 0.